The Balaban J connectivity index is 1.81. The van der Waals surface area contributed by atoms with Crippen LogP contribution in [0, 0.1) is 17.8 Å². The largest absolute Gasteiger partial charge is 0.394 e. The minimum Gasteiger partial charge on any atom is -0.394 e. The first kappa shape index (κ1) is 22.8. The van der Waals surface area contributed by atoms with E-state index < -0.39 is 37.1 Å². The van der Waals surface area contributed by atoms with Crippen molar-refractivity contribution >= 4 is 11.6 Å². The van der Waals surface area contributed by atoms with Gasteiger partial charge in [0.25, 0.3) is 0 Å². The zero-order valence-electron chi connectivity index (χ0n) is 17.0. The molecule has 1 saturated heterocycles. The molecule has 0 spiro atoms. The summed E-state index contributed by atoms with van der Waals surface area (Å²) in [6, 6.07) is 13.2. The van der Waals surface area contributed by atoms with Crippen LogP contribution in [0.15, 0.2) is 42.5 Å². The van der Waals surface area contributed by atoms with Gasteiger partial charge in [-0.25, -0.2) is 0 Å². The molecular weight excluding hydrogens is 404 g/mol. The van der Waals surface area contributed by atoms with E-state index in [-0.39, 0.29) is 0 Å². The summed E-state index contributed by atoms with van der Waals surface area (Å²) in [5.74, 6) is 6.59. The first-order chi connectivity index (χ1) is 14.3. The van der Waals surface area contributed by atoms with Gasteiger partial charge >= 0.3 is 0 Å². The van der Waals surface area contributed by atoms with Gasteiger partial charge < -0.3 is 25.2 Å². The molecule has 0 saturated carbocycles. The number of aliphatic hydroxyl groups is 4. The van der Waals surface area contributed by atoms with Crippen LogP contribution >= 0.6 is 11.6 Å². The van der Waals surface area contributed by atoms with Gasteiger partial charge in [-0.3, -0.25) is 0 Å². The smallest absolute Gasteiger partial charge is 0.113 e. The van der Waals surface area contributed by atoms with Crippen LogP contribution in [0.5, 0.6) is 0 Å². The van der Waals surface area contributed by atoms with Crippen LogP contribution in [0.25, 0.3) is 0 Å². The molecule has 2 aromatic carbocycles. The molecule has 5 atom stereocenters. The number of hydrogen-bond acceptors (Lipinski definition) is 5. The summed E-state index contributed by atoms with van der Waals surface area (Å²) >= 11 is 6.39. The van der Waals surface area contributed by atoms with Crippen LogP contribution in [-0.2, 0) is 11.2 Å². The van der Waals surface area contributed by atoms with E-state index >= 15 is 0 Å². The fourth-order valence-electron chi connectivity index (χ4n) is 3.44. The minimum absolute atomic E-state index is 0.314. The summed E-state index contributed by atoms with van der Waals surface area (Å²) in [4.78, 5) is 0. The quantitative estimate of drug-likeness (QED) is 0.559. The second-order valence-electron chi connectivity index (χ2n) is 7.90. The van der Waals surface area contributed by atoms with E-state index in [1.54, 1.807) is 12.1 Å². The molecule has 1 aliphatic heterocycles. The Kier molecular flexibility index (Phi) is 7.54. The topological polar surface area (TPSA) is 90.2 Å². The van der Waals surface area contributed by atoms with Gasteiger partial charge in [-0.15, -0.1) is 0 Å². The molecule has 0 radical (unpaired) electrons. The molecule has 0 aromatic heterocycles. The van der Waals surface area contributed by atoms with Crippen molar-refractivity contribution in [2.24, 2.45) is 5.92 Å². The molecule has 30 heavy (non-hydrogen) atoms. The normalized spacial score (nSPS) is 26.3. The van der Waals surface area contributed by atoms with E-state index in [4.69, 9.17) is 16.3 Å². The maximum Gasteiger partial charge on any atom is 0.113 e. The van der Waals surface area contributed by atoms with Crippen molar-refractivity contribution in [3.63, 3.8) is 0 Å². The van der Waals surface area contributed by atoms with Gasteiger partial charge in [0.2, 0.25) is 0 Å². The number of aliphatic hydroxyl groups excluding tert-OH is 4. The highest BCUT2D eigenvalue weighted by molar-refractivity contribution is 6.31. The van der Waals surface area contributed by atoms with Crippen LogP contribution in [0.3, 0.4) is 0 Å². The summed E-state index contributed by atoms with van der Waals surface area (Å²) in [5.41, 5.74) is 3.46. The number of ether oxygens (including phenoxy) is 1. The first-order valence-corrected chi connectivity index (χ1v) is 10.4. The fraction of sp³-hybridized carbons (Fsp3) is 0.417. The van der Waals surface area contributed by atoms with E-state index in [2.05, 4.69) is 11.8 Å². The Morgan fingerprint density at radius 2 is 1.70 bits per heavy atom. The number of benzene rings is 2. The molecule has 1 fully saturated rings. The number of hydrogen-bond donors (Lipinski definition) is 4. The van der Waals surface area contributed by atoms with Crippen molar-refractivity contribution in [3.8, 4) is 11.8 Å². The highest BCUT2D eigenvalue weighted by Gasteiger charge is 2.43. The van der Waals surface area contributed by atoms with E-state index in [0.717, 1.165) is 16.7 Å². The third-order valence-corrected chi connectivity index (χ3v) is 5.51. The van der Waals surface area contributed by atoms with Crippen molar-refractivity contribution in [2.75, 3.05) is 6.61 Å². The van der Waals surface area contributed by atoms with Crippen molar-refractivity contribution in [1.29, 1.82) is 0 Å². The van der Waals surface area contributed by atoms with Gasteiger partial charge in [-0.1, -0.05) is 61.6 Å². The molecule has 3 unspecified atom stereocenters. The third-order valence-electron chi connectivity index (χ3n) is 5.14. The van der Waals surface area contributed by atoms with E-state index in [1.165, 1.54) is 0 Å². The Hall–Kier alpha value is -1.91. The lowest BCUT2D eigenvalue weighted by molar-refractivity contribution is -0.231. The van der Waals surface area contributed by atoms with Crippen LogP contribution in [0.1, 0.15) is 42.2 Å². The molecule has 1 heterocycles. The fourth-order valence-corrected chi connectivity index (χ4v) is 3.62. The molecule has 0 bridgehead atoms. The molecule has 160 valence electrons. The summed E-state index contributed by atoms with van der Waals surface area (Å²) in [7, 11) is 0. The predicted molar refractivity (Wildman–Crippen MR) is 115 cm³/mol. The summed E-state index contributed by atoms with van der Waals surface area (Å²) in [6.45, 7) is 3.63. The lowest BCUT2D eigenvalue weighted by atomic mass is 9.90. The summed E-state index contributed by atoms with van der Waals surface area (Å²) in [5, 5.41) is 40.4. The maximum absolute atomic E-state index is 10.4. The van der Waals surface area contributed by atoms with Crippen molar-refractivity contribution in [1.82, 2.24) is 0 Å². The predicted octanol–water partition coefficient (Wildman–Crippen LogP) is 2.45. The van der Waals surface area contributed by atoms with Crippen molar-refractivity contribution in [2.45, 2.75) is 50.8 Å². The Morgan fingerprint density at radius 3 is 2.33 bits per heavy atom. The molecule has 3 rings (SSSR count). The van der Waals surface area contributed by atoms with Crippen LogP contribution in [0.2, 0.25) is 5.02 Å². The maximum atomic E-state index is 10.4. The monoisotopic (exact) mass is 430 g/mol. The average molecular weight is 431 g/mol. The van der Waals surface area contributed by atoms with Gasteiger partial charge in [0.05, 0.1) is 6.61 Å². The first-order valence-electron chi connectivity index (χ1n) is 9.99. The molecule has 5 nitrogen and oxygen atoms in total. The average Bonchev–Trinajstić information content (AvgIpc) is 2.73. The number of rotatable bonds is 4. The van der Waals surface area contributed by atoms with E-state index in [0.29, 0.717) is 22.9 Å². The van der Waals surface area contributed by atoms with Gasteiger partial charge in [0, 0.05) is 16.5 Å². The van der Waals surface area contributed by atoms with Crippen molar-refractivity contribution in [3.05, 3.63) is 69.7 Å². The lowest BCUT2D eigenvalue weighted by Crippen LogP contribution is -2.55. The van der Waals surface area contributed by atoms with Crippen LogP contribution < -0.4 is 0 Å². The molecule has 6 heteroatoms. The zero-order chi connectivity index (χ0) is 21.8. The molecule has 0 amide bonds. The third kappa shape index (κ3) is 5.22. The van der Waals surface area contributed by atoms with Gasteiger partial charge in [-0.05, 0) is 41.3 Å². The Bertz CT molecular complexity index is 913. The summed E-state index contributed by atoms with van der Waals surface area (Å²) < 4.78 is 5.66. The molecule has 0 aliphatic carbocycles. The minimum atomic E-state index is -1.42. The highest BCUT2D eigenvalue weighted by Crippen LogP contribution is 2.34. The highest BCUT2D eigenvalue weighted by atomic mass is 35.5. The molecule has 1 aliphatic rings. The lowest BCUT2D eigenvalue weighted by Gasteiger charge is -2.40. The van der Waals surface area contributed by atoms with E-state index in [1.807, 2.05) is 44.2 Å². The summed E-state index contributed by atoms with van der Waals surface area (Å²) in [6.07, 6.45) is -5.39. The molecule has 2 aromatic rings. The standard InChI is InChI=1S/C24H27ClO5/c1-14(2)3-4-15-5-7-16(8-6-15)11-18-12-17(9-10-19(18)25)24-23(29)22(28)21(27)20(13-26)30-24/h5-10,12,14,20-24,26-29H,11,13H2,1-2H3/t20?,21-,22?,23-,24?/m1/s1. The number of halogens is 1. The van der Waals surface area contributed by atoms with Gasteiger partial charge in [0.1, 0.15) is 30.5 Å². The van der Waals surface area contributed by atoms with Gasteiger partial charge in [0.15, 0.2) is 0 Å². The molecular formula is C24H27ClO5. The SMILES string of the molecule is CC(C)C#Cc1ccc(Cc2cc(C3OC(CO)[C@@H](O)C(O)[C@H]3O)ccc2Cl)cc1. The van der Waals surface area contributed by atoms with Gasteiger partial charge in [-0.2, -0.15) is 0 Å². The van der Waals surface area contributed by atoms with Crippen LogP contribution in [-0.4, -0.2) is 51.4 Å². The zero-order valence-corrected chi connectivity index (χ0v) is 17.8. The second kappa shape index (κ2) is 9.93. The van der Waals surface area contributed by atoms with E-state index in [9.17, 15) is 20.4 Å². The molecule has 4 N–H and O–H groups in total. The van der Waals surface area contributed by atoms with Crippen molar-refractivity contribution < 1.29 is 25.2 Å². The van der Waals surface area contributed by atoms with Crippen LogP contribution in [0.4, 0.5) is 0 Å². The second-order valence-corrected chi connectivity index (χ2v) is 8.31. The Labute approximate surface area is 181 Å². The Morgan fingerprint density at radius 1 is 1.00 bits per heavy atom.